The smallest absolute Gasteiger partial charge is 0.0652 e. The second-order valence-corrected chi connectivity index (χ2v) is 4.96. The monoisotopic (exact) mass is 295 g/mol. The molecule has 1 atom stereocenters. The molecule has 0 aliphatic heterocycles. The highest BCUT2D eigenvalue weighted by atomic mass is 35.5. The van der Waals surface area contributed by atoms with Crippen LogP contribution in [0.25, 0.3) is 0 Å². The zero-order valence-electron chi connectivity index (χ0n) is 9.90. The lowest BCUT2D eigenvalue weighted by molar-refractivity contribution is 0.164. The Balaban J connectivity index is 2.71. The molecule has 0 aliphatic rings. The molecule has 5 heteroatoms. The van der Waals surface area contributed by atoms with Crippen molar-refractivity contribution in [1.29, 1.82) is 0 Å². The third-order valence-electron chi connectivity index (χ3n) is 2.57. The highest BCUT2D eigenvalue weighted by molar-refractivity contribution is 6.44. The van der Waals surface area contributed by atoms with Gasteiger partial charge in [-0.15, -0.1) is 0 Å². The van der Waals surface area contributed by atoms with E-state index in [-0.39, 0.29) is 6.04 Å². The van der Waals surface area contributed by atoms with Crippen molar-refractivity contribution in [3.8, 4) is 0 Å². The zero-order chi connectivity index (χ0) is 12.8. The maximum absolute atomic E-state index is 6.11. The predicted octanol–water partition coefficient (Wildman–Crippen LogP) is 4.16. The van der Waals surface area contributed by atoms with Gasteiger partial charge in [-0.05, 0) is 18.6 Å². The van der Waals surface area contributed by atoms with Crippen molar-refractivity contribution in [2.24, 2.45) is 0 Å². The zero-order valence-corrected chi connectivity index (χ0v) is 12.2. The van der Waals surface area contributed by atoms with Gasteiger partial charge in [0.1, 0.15) is 0 Å². The molecule has 0 saturated carbocycles. The fourth-order valence-corrected chi connectivity index (χ4v) is 2.18. The number of ether oxygens (including phenoxy) is 1. The molecule has 96 valence electrons. The van der Waals surface area contributed by atoms with Crippen LogP contribution in [0.1, 0.15) is 18.9 Å². The summed E-state index contributed by atoms with van der Waals surface area (Å²) in [6.45, 7) is 3.34. The van der Waals surface area contributed by atoms with E-state index in [4.69, 9.17) is 39.5 Å². The number of hydrogen-bond donors (Lipinski definition) is 1. The SMILES string of the molecule is CCC(COC)NCc1c(Cl)ccc(Cl)c1Cl. The second kappa shape index (κ2) is 7.45. The van der Waals surface area contributed by atoms with Crippen molar-refractivity contribution in [3.63, 3.8) is 0 Å². The molecule has 0 aliphatic carbocycles. The van der Waals surface area contributed by atoms with E-state index in [2.05, 4.69) is 12.2 Å². The van der Waals surface area contributed by atoms with Crippen LogP contribution < -0.4 is 5.32 Å². The van der Waals surface area contributed by atoms with Crippen LogP contribution in [-0.4, -0.2) is 19.8 Å². The first-order valence-electron chi connectivity index (χ1n) is 5.44. The Morgan fingerprint density at radius 3 is 2.47 bits per heavy atom. The molecule has 0 aromatic heterocycles. The average Bonchev–Trinajstić information content (AvgIpc) is 2.32. The van der Waals surface area contributed by atoms with Crippen LogP contribution in [-0.2, 0) is 11.3 Å². The van der Waals surface area contributed by atoms with E-state index >= 15 is 0 Å². The number of benzene rings is 1. The fraction of sp³-hybridized carbons (Fsp3) is 0.500. The van der Waals surface area contributed by atoms with E-state index in [9.17, 15) is 0 Å². The van der Waals surface area contributed by atoms with Crippen molar-refractivity contribution < 1.29 is 4.74 Å². The molecule has 1 unspecified atom stereocenters. The highest BCUT2D eigenvalue weighted by Crippen LogP contribution is 2.31. The molecule has 0 heterocycles. The Bertz CT molecular complexity index is 371. The standard InChI is InChI=1S/C12H16Cl3NO/c1-3-8(7-17-2)16-6-9-10(13)4-5-11(14)12(9)15/h4-5,8,16H,3,6-7H2,1-2H3. The van der Waals surface area contributed by atoms with Gasteiger partial charge < -0.3 is 10.1 Å². The number of nitrogens with one attached hydrogen (secondary N) is 1. The third kappa shape index (κ3) is 4.31. The molecule has 1 rings (SSSR count). The summed E-state index contributed by atoms with van der Waals surface area (Å²) in [4.78, 5) is 0. The van der Waals surface area contributed by atoms with Crippen LogP contribution in [0.3, 0.4) is 0 Å². The molecule has 2 nitrogen and oxygen atoms in total. The second-order valence-electron chi connectivity index (χ2n) is 3.76. The summed E-state index contributed by atoms with van der Waals surface area (Å²) < 4.78 is 5.11. The minimum Gasteiger partial charge on any atom is -0.383 e. The summed E-state index contributed by atoms with van der Waals surface area (Å²) in [7, 11) is 1.68. The molecule has 1 N–H and O–H groups in total. The molecule has 0 spiro atoms. The molecular formula is C12H16Cl3NO. The van der Waals surface area contributed by atoms with Gasteiger partial charge in [-0.3, -0.25) is 0 Å². The lowest BCUT2D eigenvalue weighted by Crippen LogP contribution is -2.32. The number of halogens is 3. The first-order chi connectivity index (χ1) is 8.10. The summed E-state index contributed by atoms with van der Waals surface area (Å²) in [6, 6.07) is 3.73. The number of methoxy groups -OCH3 is 1. The van der Waals surface area contributed by atoms with E-state index in [0.717, 1.165) is 12.0 Å². The first-order valence-corrected chi connectivity index (χ1v) is 6.58. The minimum atomic E-state index is 0.283. The average molecular weight is 297 g/mol. The lowest BCUT2D eigenvalue weighted by atomic mass is 10.2. The predicted molar refractivity (Wildman–Crippen MR) is 74.3 cm³/mol. The van der Waals surface area contributed by atoms with E-state index in [1.165, 1.54) is 0 Å². The van der Waals surface area contributed by atoms with Crippen molar-refractivity contribution in [2.75, 3.05) is 13.7 Å². The Hall–Kier alpha value is 0.01000. The Morgan fingerprint density at radius 2 is 1.88 bits per heavy atom. The fourth-order valence-electron chi connectivity index (χ4n) is 1.50. The van der Waals surface area contributed by atoms with Crippen LogP contribution in [0, 0.1) is 0 Å². The molecule has 0 saturated heterocycles. The van der Waals surface area contributed by atoms with Gasteiger partial charge in [0.2, 0.25) is 0 Å². The Labute approximate surface area is 117 Å². The summed E-state index contributed by atoms with van der Waals surface area (Å²) in [6.07, 6.45) is 0.976. The molecule has 0 bridgehead atoms. The van der Waals surface area contributed by atoms with Gasteiger partial charge in [0, 0.05) is 30.3 Å². The Kier molecular flexibility index (Phi) is 6.60. The van der Waals surface area contributed by atoms with E-state index in [1.54, 1.807) is 19.2 Å². The molecule has 0 radical (unpaired) electrons. The van der Waals surface area contributed by atoms with Crippen molar-refractivity contribution in [1.82, 2.24) is 5.32 Å². The quantitative estimate of drug-likeness (QED) is 0.796. The van der Waals surface area contributed by atoms with Crippen molar-refractivity contribution in [3.05, 3.63) is 32.8 Å². The normalized spacial score (nSPS) is 12.8. The molecule has 0 amide bonds. The van der Waals surface area contributed by atoms with Crippen LogP contribution in [0.2, 0.25) is 15.1 Å². The van der Waals surface area contributed by atoms with Gasteiger partial charge in [-0.2, -0.15) is 0 Å². The third-order valence-corrected chi connectivity index (χ3v) is 3.76. The maximum atomic E-state index is 6.11. The van der Waals surface area contributed by atoms with Gasteiger partial charge in [0.15, 0.2) is 0 Å². The molecule has 1 aromatic carbocycles. The molecular weight excluding hydrogens is 280 g/mol. The highest BCUT2D eigenvalue weighted by Gasteiger charge is 2.11. The van der Waals surface area contributed by atoms with Gasteiger partial charge in [-0.1, -0.05) is 41.7 Å². The van der Waals surface area contributed by atoms with Crippen molar-refractivity contribution >= 4 is 34.8 Å². The topological polar surface area (TPSA) is 21.3 Å². The first kappa shape index (κ1) is 15.1. The van der Waals surface area contributed by atoms with Crippen LogP contribution >= 0.6 is 34.8 Å². The maximum Gasteiger partial charge on any atom is 0.0652 e. The largest absolute Gasteiger partial charge is 0.383 e. The minimum absolute atomic E-state index is 0.283. The van der Waals surface area contributed by atoms with Crippen LogP contribution in [0.4, 0.5) is 0 Å². The lowest BCUT2D eigenvalue weighted by Gasteiger charge is -2.17. The number of rotatable bonds is 6. The summed E-state index contributed by atoms with van der Waals surface area (Å²) in [5, 5.41) is 5.00. The summed E-state index contributed by atoms with van der Waals surface area (Å²) in [5.41, 5.74) is 0.829. The van der Waals surface area contributed by atoms with E-state index in [0.29, 0.717) is 28.2 Å². The molecule has 17 heavy (non-hydrogen) atoms. The van der Waals surface area contributed by atoms with Gasteiger partial charge in [0.25, 0.3) is 0 Å². The van der Waals surface area contributed by atoms with E-state index < -0.39 is 0 Å². The van der Waals surface area contributed by atoms with E-state index in [1.807, 2.05) is 0 Å². The van der Waals surface area contributed by atoms with Crippen LogP contribution in [0.15, 0.2) is 12.1 Å². The van der Waals surface area contributed by atoms with Crippen molar-refractivity contribution in [2.45, 2.75) is 25.9 Å². The molecule has 1 aromatic rings. The summed E-state index contributed by atoms with van der Waals surface area (Å²) >= 11 is 18.2. The van der Waals surface area contributed by atoms with Crippen LogP contribution in [0.5, 0.6) is 0 Å². The summed E-state index contributed by atoms with van der Waals surface area (Å²) in [5.74, 6) is 0. The van der Waals surface area contributed by atoms with Gasteiger partial charge >= 0.3 is 0 Å². The van der Waals surface area contributed by atoms with Gasteiger partial charge in [0.05, 0.1) is 16.7 Å². The Morgan fingerprint density at radius 1 is 1.24 bits per heavy atom. The molecule has 0 fully saturated rings. The number of hydrogen-bond acceptors (Lipinski definition) is 2. The van der Waals surface area contributed by atoms with Gasteiger partial charge in [-0.25, -0.2) is 0 Å².